The Kier molecular flexibility index (Phi) is 7.37. The van der Waals surface area contributed by atoms with Gasteiger partial charge in [0.1, 0.15) is 12.4 Å². The van der Waals surface area contributed by atoms with E-state index < -0.39 is 10.8 Å². The first-order chi connectivity index (χ1) is 16.9. The fraction of sp³-hybridized carbons (Fsp3) is 0.231. The zero-order valence-electron chi connectivity index (χ0n) is 19.1. The Balaban J connectivity index is 1.33. The van der Waals surface area contributed by atoms with Gasteiger partial charge in [0, 0.05) is 50.4 Å². The molecule has 9 nitrogen and oxygen atoms in total. The maximum absolute atomic E-state index is 13.1. The number of nitro groups is 1. The molecule has 1 fully saturated rings. The number of non-ortho nitro benzene ring substituents is 1. The number of benzene rings is 3. The summed E-state index contributed by atoms with van der Waals surface area (Å²) in [5.41, 5.74) is 8.05. The highest BCUT2D eigenvalue weighted by atomic mass is 16.6. The molecule has 0 spiro atoms. The molecule has 2 amide bonds. The summed E-state index contributed by atoms with van der Waals surface area (Å²) in [7, 11) is 0. The van der Waals surface area contributed by atoms with Gasteiger partial charge < -0.3 is 15.4 Å². The van der Waals surface area contributed by atoms with E-state index in [0.717, 1.165) is 11.1 Å². The minimum absolute atomic E-state index is 0.0561. The molecule has 180 valence electrons. The number of rotatable bonds is 8. The number of hydrogen-bond donors (Lipinski definition) is 1. The van der Waals surface area contributed by atoms with Crippen LogP contribution in [0.25, 0.3) is 0 Å². The summed E-state index contributed by atoms with van der Waals surface area (Å²) in [6, 6.07) is 20.7. The van der Waals surface area contributed by atoms with Gasteiger partial charge in [0.05, 0.1) is 10.5 Å². The third kappa shape index (κ3) is 6.01. The topological polar surface area (TPSA) is 119 Å². The van der Waals surface area contributed by atoms with Gasteiger partial charge in [-0.3, -0.25) is 24.6 Å². The summed E-state index contributed by atoms with van der Waals surface area (Å²) >= 11 is 0. The van der Waals surface area contributed by atoms with Crippen LogP contribution in [-0.2, 0) is 13.2 Å². The molecule has 0 unspecified atom stereocenters. The number of nitrogens with two attached hydrogens (primary N) is 1. The van der Waals surface area contributed by atoms with Crippen LogP contribution in [0.15, 0.2) is 72.8 Å². The van der Waals surface area contributed by atoms with Crippen molar-refractivity contribution in [1.29, 1.82) is 0 Å². The fourth-order valence-electron chi connectivity index (χ4n) is 4.07. The van der Waals surface area contributed by atoms with Crippen molar-refractivity contribution >= 4 is 17.5 Å². The summed E-state index contributed by atoms with van der Waals surface area (Å²) in [4.78, 5) is 39.3. The van der Waals surface area contributed by atoms with Gasteiger partial charge in [0.2, 0.25) is 0 Å². The maximum atomic E-state index is 13.1. The molecule has 0 bridgehead atoms. The van der Waals surface area contributed by atoms with E-state index in [1.54, 1.807) is 48.5 Å². The normalized spacial score (nSPS) is 13.9. The van der Waals surface area contributed by atoms with E-state index >= 15 is 0 Å². The predicted octanol–water partition coefficient (Wildman–Crippen LogP) is 3.23. The van der Waals surface area contributed by atoms with Gasteiger partial charge in [-0.1, -0.05) is 36.4 Å². The highest BCUT2D eigenvalue weighted by molar-refractivity contribution is 5.95. The number of piperazine rings is 1. The van der Waals surface area contributed by atoms with Crippen LogP contribution < -0.4 is 10.5 Å². The van der Waals surface area contributed by atoms with Crippen molar-refractivity contribution < 1.29 is 19.2 Å². The molecule has 0 aromatic heterocycles. The lowest BCUT2D eigenvalue weighted by Crippen LogP contribution is -2.48. The second kappa shape index (κ2) is 10.8. The molecule has 1 aliphatic heterocycles. The van der Waals surface area contributed by atoms with Crippen LogP contribution in [0.3, 0.4) is 0 Å². The molecule has 1 aliphatic rings. The van der Waals surface area contributed by atoms with Crippen molar-refractivity contribution in [3.63, 3.8) is 0 Å². The Labute approximate surface area is 202 Å². The Hall–Kier alpha value is -4.24. The largest absolute Gasteiger partial charge is 0.488 e. The molecule has 1 saturated heterocycles. The van der Waals surface area contributed by atoms with Crippen molar-refractivity contribution in [1.82, 2.24) is 9.80 Å². The lowest BCUT2D eigenvalue weighted by atomic mass is 10.1. The van der Waals surface area contributed by atoms with Gasteiger partial charge in [-0.25, -0.2) is 0 Å². The molecule has 4 rings (SSSR count). The highest BCUT2D eigenvalue weighted by Gasteiger charge is 2.23. The first-order valence-electron chi connectivity index (χ1n) is 11.3. The number of ether oxygens (including phenoxy) is 1. The Morgan fingerprint density at radius 2 is 1.63 bits per heavy atom. The number of amides is 2. The molecule has 2 N–H and O–H groups in total. The van der Waals surface area contributed by atoms with Crippen molar-refractivity contribution in [3.05, 3.63) is 105 Å². The van der Waals surface area contributed by atoms with Crippen LogP contribution in [0.1, 0.15) is 31.8 Å². The molecule has 3 aromatic carbocycles. The van der Waals surface area contributed by atoms with E-state index in [4.69, 9.17) is 10.5 Å². The molecule has 3 aromatic rings. The first kappa shape index (κ1) is 23.9. The zero-order valence-corrected chi connectivity index (χ0v) is 19.1. The van der Waals surface area contributed by atoms with Crippen LogP contribution in [0.5, 0.6) is 5.75 Å². The van der Waals surface area contributed by atoms with E-state index in [1.165, 1.54) is 6.07 Å². The molecule has 9 heteroatoms. The Morgan fingerprint density at radius 3 is 2.37 bits per heavy atom. The van der Waals surface area contributed by atoms with Gasteiger partial charge in [0.15, 0.2) is 0 Å². The standard InChI is InChI=1S/C26H26N4O5/c27-25(31)23-9-1-2-10-24(23)35-18-20-6-3-7-21(15-20)26(32)29-13-11-28(12-14-29)17-19-5-4-8-22(16-19)30(33)34/h1-10,15-16H,11-14,17-18H2,(H2,27,31). The molecule has 0 aliphatic carbocycles. The maximum Gasteiger partial charge on any atom is 0.269 e. The SMILES string of the molecule is NC(=O)c1ccccc1OCc1cccc(C(=O)N2CCN(Cc3cccc([N+](=O)[O-])c3)CC2)c1. The third-order valence-corrected chi connectivity index (χ3v) is 5.91. The summed E-state index contributed by atoms with van der Waals surface area (Å²) < 4.78 is 5.78. The second-order valence-electron chi connectivity index (χ2n) is 8.34. The minimum atomic E-state index is -0.561. The van der Waals surface area contributed by atoms with E-state index in [1.807, 2.05) is 23.1 Å². The van der Waals surface area contributed by atoms with Crippen molar-refractivity contribution in [2.45, 2.75) is 13.2 Å². The average molecular weight is 475 g/mol. The van der Waals surface area contributed by atoms with E-state index in [0.29, 0.717) is 49.6 Å². The smallest absolute Gasteiger partial charge is 0.269 e. The molecular formula is C26H26N4O5. The highest BCUT2D eigenvalue weighted by Crippen LogP contribution is 2.20. The predicted molar refractivity (Wildman–Crippen MR) is 130 cm³/mol. The van der Waals surface area contributed by atoms with Crippen LogP contribution >= 0.6 is 0 Å². The van der Waals surface area contributed by atoms with Crippen LogP contribution in [0.2, 0.25) is 0 Å². The number of nitrogens with zero attached hydrogens (tertiary/aromatic N) is 3. The van der Waals surface area contributed by atoms with E-state index in [-0.39, 0.29) is 18.2 Å². The van der Waals surface area contributed by atoms with E-state index in [2.05, 4.69) is 4.90 Å². The molecule has 1 heterocycles. The number of para-hydroxylation sites is 1. The summed E-state index contributed by atoms with van der Waals surface area (Å²) in [5.74, 6) is -0.217. The third-order valence-electron chi connectivity index (χ3n) is 5.91. The molecule has 0 atom stereocenters. The fourth-order valence-corrected chi connectivity index (χ4v) is 4.07. The van der Waals surface area contributed by atoms with Crippen molar-refractivity contribution in [2.24, 2.45) is 5.73 Å². The number of hydrogen-bond acceptors (Lipinski definition) is 6. The number of primary amides is 1. The number of carbonyl (C=O) groups is 2. The van der Waals surface area contributed by atoms with Gasteiger partial charge in [0.25, 0.3) is 17.5 Å². The quantitative estimate of drug-likeness (QED) is 0.395. The molecule has 0 saturated carbocycles. The monoisotopic (exact) mass is 474 g/mol. The van der Waals surface area contributed by atoms with Crippen molar-refractivity contribution in [2.75, 3.05) is 26.2 Å². The van der Waals surface area contributed by atoms with Crippen LogP contribution in [0, 0.1) is 10.1 Å². The molecular weight excluding hydrogens is 448 g/mol. The Morgan fingerprint density at radius 1 is 0.914 bits per heavy atom. The average Bonchev–Trinajstić information content (AvgIpc) is 2.88. The van der Waals surface area contributed by atoms with Gasteiger partial charge >= 0.3 is 0 Å². The number of nitro benzene ring substituents is 1. The van der Waals surface area contributed by atoms with Gasteiger partial charge in [-0.05, 0) is 35.4 Å². The minimum Gasteiger partial charge on any atom is -0.488 e. The molecule has 0 radical (unpaired) electrons. The molecule has 35 heavy (non-hydrogen) atoms. The first-order valence-corrected chi connectivity index (χ1v) is 11.3. The van der Waals surface area contributed by atoms with Crippen LogP contribution in [0.4, 0.5) is 5.69 Å². The Bertz CT molecular complexity index is 1240. The lowest BCUT2D eigenvalue weighted by molar-refractivity contribution is -0.384. The van der Waals surface area contributed by atoms with Crippen molar-refractivity contribution in [3.8, 4) is 5.75 Å². The summed E-state index contributed by atoms with van der Waals surface area (Å²) in [5, 5.41) is 11.0. The van der Waals surface area contributed by atoms with Gasteiger partial charge in [-0.2, -0.15) is 0 Å². The second-order valence-corrected chi connectivity index (χ2v) is 8.34. The lowest BCUT2D eigenvalue weighted by Gasteiger charge is -2.34. The van der Waals surface area contributed by atoms with Gasteiger partial charge in [-0.15, -0.1) is 0 Å². The van der Waals surface area contributed by atoms with E-state index in [9.17, 15) is 19.7 Å². The zero-order chi connectivity index (χ0) is 24.8. The number of carbonyl (C=O) groups excluding carboxylic acids is 2. The van der Waals surface area contributed by atoms with Crippen LogP contribution in [-0.4, -0.2) is 52.7 Å². The summed E-state index contributed by atoms with van der Waals surface area (Å²) in [6.45, 7) is 3.30. The summed E-state index contributed by atoms with van der Waals surface area (Å²) in [6.07, 6.45) is 0.